The molecule has 0 fully saturated rings. The Labute approximate surface area is 173 Å². The normalized spacial score (nSPS) is 12.6. The van der Waals surface area contributed by atoms with Crippen LogP contribution in [0, 0.1) is 0 Å². The molecule has 0 aromatic heterocycles. The van der Waals surface area contributed by atoms with Gasteiger partial charge in [0.2, 0.25) is 0 Å². The molecule has 0 atom stereocenters. The second-order valence-electron chi connectivity index (χ2n) is 9.36. The molecular formula is C25H55Bi. The minimum atomic E-state index is -1.91. The van der Waals surface area contributed by atoms with E-state index in [4.69, 9.17) is 0 Å². The summed E-state index contributed by atoms with van der Waals surface area (Å²) in [7, 11) is 0. The van der Waals surface area contributed by atoms with Gasteiger partial charge in [-0.05, 0) is 0 Å². The zero-order valence-electron chi connectivity index (χ0n) is 19.3. The summed E-state index contributed by atoms with van der Waals surface area (Å²) in [5.74, 6) is 0. The summed E-state index contributed by atoms with van der Waals surface area (Å²) in [6, 6.07) is 0. The van der Waals surface area contributed by atoms with Crippen LogP contribution < -0.4 is 0 Å². The van der Waals surface area contributed by atoms with E-state index in [0.29, 0.717) is 0 Å². The van der Waals surface area contributed by atoms with Crippen molar-refractivity contribution in [2.45, 2.75) is 153 Å². The quantitative estimate of drug-likeness (QED) is 0.0961. The Bertz CT molecular complexity index is 247. The van der Waals surface area contributed by atoms with E-state index in [1.165, 1.54) is 96.3 Å². The summed E-state index contributed by atoms with van der Waals surface area (Å²) in [6.07, 6.45) is 26.8. The first-order chi connectivity index (χ1) is 12.7. The van der Waals surface area contributed by atoms with Gasteiger partial charge in [-0.3, -0.25) is 0 Å². The van der Waals surface area contributed by atoms with E-state index in [9.17, 15) is 0 Å². The molecule has 0 spiro atoms. The van der Waals surface area contributed by atoms with Crippen LogP contribution in [0.1, 0.15) is 136 Å². The van der Waals surface area contributed by atoms with Crippen LogP contribution in [0.25, 0.3) is 0 Å². The maximum absolute atomic E-state index is 2.84. The van der Waals surface area contributed by atoms with Crippen LogP contribution in [0.3, 0.4) is 0 Å². The van der Waals surface area contributed by atoms with Crippen LogP contribution in [0.5, 0.6) is 0 Å². The second-order valence-corrected chi connectivity index (χ2v) is 29.3. The monoisotopic (exact) mass is 564 g/mol. The Balaban J connectivity index is 3.97. The van der Waals surface area contributed by atoms with Crippen molar-refractivity contribution in [1.82, 2.24) is 0 Å². The van der Waals surface area contributed by atoms with Gasteiger partial charge in [0.25, 0.3) is 0 Å². The zero-order valence-corrected chi connectivity index (χ0v) is 23.2. The number of rotatable bonds is 21. The molecule has 0 amide bonds. The summed E-state index contributed by atoms with van der Waals surface area (Å²) in [5.41, 5.74) is 0. The fraction of sp³-hybridized carbons (Fsp3) is 1.00. The minimum absolute atomic E-state index is 1.38. The van der Waals surface area contributed by atoms with E-state index in [2.05, 4.69) is 25.4 Å². The molecule has 0 unspecified atom stereocenters. The van der Waals surface area contributed by atoms with Gasteiger partial charge < -0.3 is 0 Å². The van der Waals surface area contributed by atoms with E-state index >= 15 is 0 Å². The molecule has 0 bridgehead atoms. The SMILES string of the molecule is CCCCCCCCC[CH2][BiH]([CH3])([CH2]CCCCCC)[CH2]CCCCCC. The van der Waals surface area contributed by atoms with Crippen molar-refractivity contribution in [3.63, 3.8) is 0 Å². The summed E-state index contributed by atoms with van der Waals surface area (Å²) in [4.78, 5) is 0. The Morgan fingerprint density at radius 1 is 0.346 bits per heavy atom. The van der Waals surface area contributed by atoms with Gasteiger partial charge in [-0.25, -0.2) is 0 Å². The molecule has 0 aromatic carbocycles. The second kappa shape index (κ2) is 20.6. The summed E-state index contributed by atoms with van der Waals surface area (Å²) >= 11 is -1.91. The van der Waals surface area contributed by atoms with Gasteiger partial charge in [-0.1, -0.05) is 0 Å². The predicted molar refractivity (Wildman–Crippen MR) is 128 cm³/mol. The molecule has 160 valence electrons. The molecule has 1 heteroatoms. The average Bonchev–Trinajstić information content (AvgIpc) is 2.64. The van der Waals surface area contributed by atoms with E-state index in [1.807, 2.05) is 0 Å². The summed E-state index contributed by atoms with van der Waals surface area (Å²) in [6.45, 7) is 6.99. The van der Waals surface area contributed by atoms with Crippen LogP contribution in [0.4, 0.5) is 0 Å². The molecule has 0 radical (unpaired) electrons. The van der Waals surface area contributed by atoms with E-state index in [0.717, 1.165) is 0 Å². The van der Waals surface area contributed by atoms with Crippen molar-refractivity contribution in [2.24, 2.45) is 0 Å². The fourth-order valence-electron chi connectivity index (χ4n) is 4.37. The van der Waals surface area contributed by atoms with Gasteiger partial charge >= 0.3 is 174 Å². The van der Waals surface area contributed by atoms with Gasteiger partial charge in [0.1, 0.15) is 0 Å². The molecule has 0 N–H and O–H groups in total. The molecule has 0 aliphatic rings. The topological polar surface area (TPSA) is 0 Å². The Hall–Kier alpha value is 0.883. The van der Waals surface area contributed by atoms with Crippen molar-refractivity contribution in [3.8, 4) is 0 Å². The van der Waals surface area contributed by atoms with Gasteiger partial charge in [0.15, 0.2) is 0 Å². The summed E-state index contributed by atoms with van der Waals surface area (Å²) in [5, 5.41) is 0. The standard InChI is InChI=1S/C10H21.2C7H15.CH3.Bi.H/c1-3-5-7-9-10-8-6-4-2;2*1-3-5-7-6-4-2;;;/h1,3-10H2,2H3;2*1,3-7H2,2H3;1H3;;. The third kappa shape index (κ3) is 18.3. The Kier molecular flexibility index (Phi) is 21.3. The first-order valence-corrected chi connectivity index (χ1v) is 24.8. The molecule has 0 heterocycles. The van der Waals surface area contributed by atoms with Crippen molar-refractivity contribution in [2.75, 3.05) is 0 Å². The van der Waals surface area contributed by atoms with Crippen LogP contribution in [0.15, 0.2) is 0 Å². The van der Waals surface area contributed by atoms with Crippen LogP contribution in [0.2, 0.25) is 17.0 Å². The number of hydrogen-bond acceptors (Lipinski definition) is 0. The van der Waals surface area contributed by atoms with Crippen LogP contribution in [-0.2, 0) is 0 Å². The Morgan fingerprint density at radius 2 is 0.577 bits per heavy atom. The van der Waals surface area contributed by atoms with Crippen LogP contribution in [-0.4, -0.2) is 20.3 Å². The molecule has 0 saturated carbocycles. The van der Waals surface area contributed by atoms with Crippen molar-refractivity contribution >= 4 is 20.3 Å². The van der Waals surface area contributed by atoms with Crippen molar-refractivity contribution in [3.05, 3.63) is 0 Å². The number of unbranched alkanes of at least 4 members (excludes halogenated alkanes) is 15. The van der Waals surface area contributed by atoms with Crippen molar-refractivity contribution < 1.29 is 0 Å². The van der Waals surface area contributed by atoms with Gasteiger partial charge in [0, 0.05) is 0 Å². The zero-order chi connectivity index (χ0) is 19.3. The molecule has 0 nitrogen and oxygen atoms in total. The predicted octanol–water partition coefficient (Wildman–Crippen LogP) is 9.88. The molecule has 0 rings (SSSR count). The van der Waals surface area contributed by atoms with Gasteiger partial charge in [-0.15, -0.1) is 0 Å². The Morgan fingerprint density at radius 3 is 0.846 bits per heavy atom. The first kappa shape index (κ1) is 26.9. The summed E-state index contributed by atoms with van der Waals surface area (Å²) < 4.78 is 7.97. The van der Waals surface area contributed by atoms with E-state index in [1.54, 1.807) is 31.6 Å². The average molecular weight is 565 g/mol. The molecule has 0 saturated heterocycles. The van der Waals surface area contributed by atoms with Crippen molar-refractivity contribution in [1.29, 1.82) is 0 Å². The number of hydrogen-bond donors (Lipinski definition) is 0. The maximum atomic E-state index is 2.84. The molecule has 0 aromatic rings. The van der Waals surface area contributed by atoms with Gasteiger partial charge in [-0.2, -0.15) is 0 Å². The van der Waals surface area contributed by atoms with Crippen LogP contribution >= 0.6 is 0 Å². The third-order valence-corrected chi connectivity index (χ3v) is 24.6. The molecule has 0 aliphatic carbocycles. The molecular weight excluding hydrogens is 509 g/mol. The third-order valence-electron chi connectivity index (χ3n) is 6.40. The first-order valence-electron chi connectivity index (χ1n) is 12.7. The van der Waals surface area contributed by atoms with E-state index < -0.39 is 20.3 Å². The molecule has 0 aliphatic heterocycles. The van der Waals surface area contributed by atoms with Gasteiger partial charge in [0.05, 0.1) is 0 Å². The fourth-order valence-corrected chi connectivity index (χ4v) is 20.2. The van der Waals surface area contributed by atoms with E-state index in [-0.39, 0.29) is 0 Å². The molecule has 26 heavy (non-hydrogen) atoms.